The van der Waals surface area contributed by atoms with Crippen molar-refractivity contribution >= 4 is 30.8 Å². The maximum atomic E-state index is 13.6. The fraction of sp³-hybridized carbons (Fsp3) is 0.500. The van der Waals surface area contributed by atoms with Crippen molar-refractivity contribution in [2.45, 2.75) is 58.3 Å². The molecule has 1 aliphatic heterocycles. The zero-order chi connectivity index (χ0) is 29.3. The summed E-state index contributed by atoms with van der Waals surface area (Å²) in [6.45, 7) is 5.22. The molecule has 1 unspecified atom stereocenters. The minimum Gasteiger partial charge on any atom is -0.438 e. The number of aliphatic hydroxyl groups is 2. The van der Waals surface area contributed by atoms with E-state index in [1.807, 2.05) is 6.07 Å². The molecule has 3 heterocycles. The highest BCUT2D eigenvalue weighted by Gasteiger charge is 2.54. The quantitative estimate of drug-likeness (QED) is 0.130. The number of anilines is 1. The van der Waals surface area contributed by atoms with Crippen LogP contribution in [-0.4, -0.2) is 66.9 Å². The van der Waals surface area contributed by atoms with Crippen LogP contribution in [0.5, 0.6) is 0 Å². The summed E-state index contributed by atoms with van der Waals surface area (Å²) in [5.74, 6) is -0.747. The number of esters is 1. The number of nitrogen functional groups attached to an aromatic ring is 1. The van der Waals surface area contributed by atoms with Gasteiger partial charge in [-0.15, -0.1) is 0 Å². The molecule has 0 saturated carbocycles. The number of carbonyl (C=O) groups is 1. The molecular formula is C24H33N6O9P. The van der Waals surface area contributed by atoms with Crippen molar-refractivity contribution in [2.24, 2.45) is 5.41 Å². The molecule has 0 spiro atoms. The lowest BCUT2D eigenvalue weighted by atomic mass is 9.96. The summed E-state index contributed by atoms with van der Waals surface area (Å²) >= 11 is 0. The van der Waals surface area contributed by atoms with Crippen molar-refractivity contribution in [3.05, 3.63) is 52.6 Å². The first-order valence-corrected chi connectivity index (χ1v) is 13.9. The number of aromatic amines is 1. The first-order valence-electron chi connectivity index (χ1n) is 12.3. The van der Waals surface area contributed by atoms with Gasteiger partial charge in [0.25, 0.3) is 5.56 Å². The number of ether oxygens (including phenoxy) is 2. The number of hydrogen-bond donors (Lipinski definition) is 5. The van der Waals surface area contributed by atoms with Crippen LogP contribution in [0.1, 0.15) is 39.5 Å². The predicted octanol–water partition coefficient (Wildman–Crippen LogP) is 1.19. The van der Waals surface area contributed by atoms with Gasteiger partial charge in [-0.1, -0.05) is 30.3 Å². The smallest absolute Gasteiger partial charge is 0.408 e. The molecule has 1 aromatic carbocycles. The van der Waals surface area contributed by atoms with Gasteiger partial charge < -0.3 is 25.4 Å². The van der Waals surface area contributed by atoms with Gasteiger partial charge in [0.05, 0.1) is 18.3 Å². The maximum absolute atomic E-state index is 13.6. The SMILES string of the molecule is CC(C)(C)C(=O)OCOP(=O)(NCc1ccccc1)OC[C@H]1O[C@@H](n2cnc3c(=O)[nH]c(N)nc32)[C@](C)(O)[C@@H]1O. The molecule has 5 atom stereocenters. The van der Waals surface area contributed by atoms with E-state index in [4.69, 9.17) is 24.3 Å². The lowest BCUT2D eigenvalue weighted by molar-refractivity contribution is -0.160. The van der Waals surface area contributed by atoms with Crippen LogP contribution in [0.4, 0.5) is 5.95 Å². The molecule has 0 amide bonds. The minimum absolute atomic E-state index is 0.0273. The molecule has 40 heavy (non-hydrogen) atoms. The van der Waals surface area contributed by atoms with E-state index in [-0.39, 0.29) is 23.7 Å². The van der Waals surface area contributed by atoms with Gasteiger partial charge in [0.2, 0.25) is 12.7 Å². The third kappa shape index (κ3) is 6.41. The van der Waals surface area contributed by atoms with E-state index < -0.39 is 62.1 Å². The summed E-state index contributed by atoms with van der Waals surface area (Å²) in [7, 11) is -4.14. The van der Waals surface area contributed by atoms with Crippen LogP contribution in [0.3, 0.4) is 0 Å². The molecule has 16 heteroatoms. The van der Waals surface area contributed by atoms with E-state index >= 15 is 0 Å². The maximum Gasteiger partial charge on any atom is 0.408 e. The number of nitrogens with two attached hydrogens (primary N) is 1. The molecule has 4 rings (SSSR count). The molecule has 6 N–H and O–H groups in total. The van der Waals surface area contributed by atoms with Crippen LogP contribution in [0.25, 0.3) is 11.2 Å². The highest BCUT2D eigenvalue weighted by Crippen LogP contribution is 2.46. The second-order valence-electron chi connectivity index (χ2n) is 10.5. The monoisotopic (exact) mass is 580 g/mol. The molecule has 1 fully saturated rings. The van der Waals surface area contributed by atoms with Crippen molar-refractivity contribution in [2.75, 3.05) is 19.1 Å². The Kier molecular flexibility index (Phi) is 8.47. The van der Waals surface area contributed by atoms with E-state index in [1.165, 1.54) is 17.8 Å². The number of carbonyl (C=O) groups excluding carboxylic acids is 1. The molecule has 1 aliphatic rings. The van der Waals surface area contributed by atoms with E-state index in [0.717, 1.165) is 5.56 Å². The summed E-state index contributed by atoms with van der Waals surface area (Å²) in [5, 5.41) is 24.7. The second-order valence-corrected chi connectivity index (χ2v) is 12.3. The second kappa shape index (κ2) is 11.4. The van der Waals surface area contributed by atoms with Crippen LogP contribution in [-0.2, 0) is 34.4 Å². The van der Waals surface area contributed by atoms with E-state index in [0.29, 0.717) is 0 Å². The molecular weight excluding hydrogens is 547 g/mol. The Labute approximate surface area is 229 Å². The average molecular weight is 581 g/mol. The fourth-order valence-electron chi connectivity index (χ4n) is 3.94. The number of imidazole rings is 1. The lowest BCUT2D eigenvalue weighted by Gasteiger charge is -2.27. The van der Waals surface area contributed by atoms with Crippen molar-refractivity contribution in [3.8, 4) is 0 Å². The number of H-pyrrole nitrogens is 1. The molecule has 0 bridgehead atoms. The van der Waals surface area contributed by atoms with E-state index in [9.17, 15) is 24.4 Å². The fourth-order valence-corrected chi connectivity index (χ4v) is 5.11. The molecule has 0 aliphatic carbocycles. The standard InChI is InChI=1S/C24H33N6O9P/c1-23(2,3)21(33)36-13-38-40(35,27-10-14-8-6-5-7-9-14)37-11-15-17(31)24(4,34)20(39-15)30-12-26-16-18(30)28-22(25)29-19(16)32/h5-9,12,15,17,20,31,34H,10-11,13H2,1-4H3,(H,27,35)(H3,25,28,29,32)/t15-,17-,20-,24-,40?/m1/s1. The Bertz CT molecular complexity index is 1450. The number of aliphatic hydroxyl groups excluding tert-OH is 1. The number of benzene rings is 1. The average Bonchev–Trinajstić information content (AvgIpc) is 3.40. The normalized spacial score (nSPS) is 24.7. The predicted molar refractivity (Wildman–Crippen MR) is 141 cm³/mol. The Hall–Kier alpha value is -3.17. The first-order chi connectivity index (χ1) is 18.7. The summed E-state index contributed by atoms with van der Waals surface area (Å²) < 4.78 is 36.7. The number of aromatic nitrogens is 4. The van der Waals surface area contributed by atoms with E-state index in [1.54, 1.807) is 45.0 Å². The van der Waals surface area contributed by atoms with Gasteiger partial charge in [-0.3, -0.25) is 28.2 Å². The van der Waals surface area contributed by atoms with Gasteiger partial charge >= 0.3 is 13.7 Å². The lowest BCUT2D eigenvalue weighted by Crippen LogP contribution is -2.44. The molecule has 1 saturated heterocycles. The van der Waals surface area contributed by atoms with Crippen LogP contribution < -0.4 is 16.4 Å². The van der Waals surface area contributed by atoms with Gasteiger partial charge in [-0.25, -0.2) is 14.6 Å². The highest BCUT2D eigenvalue weighted by atomic mass is 31.2. The summed E-state index contributed by atoms with van der Waals surface area (Å²) in [6, 6.07) is 9.02. The largest absolute Gasteiger partial charge is 0.438 e. The summed E-state index contributed by atoms with van der Waals surface area (Å²) in [5.41, 5.74) is 3.10. The van der Waals surface area contributed by atoms with Gasteiger partial charge in [-0.05, 0) is 33.3 Å². The van der Waals surface area contributed by atoms with Gasteiger partial charge in [-0.2, -0.15) is 4.98 Å². The van der Waals surface area contributed by atoms with Gasteiger partial charge in [0.1, 0.15) is 17.8 Å². The summed E-state index contributed by atoms with van der Waals surface area (Å²) in [4.78, 5) is 34.7. The molecule has 218 valence electrons. The Balaban J connectivity index is 1.50. The van der Waals surface area contributed by atoms with Gasteiger partial charge in [0, 0.05) is 6.54 Å². The van der Waals surface area contributed by atoms with Crippen molar-refractivity contribution in [1.82, 2.24) is 24.6 Å². The molecule has 0 radical (unpaired) electrons. The van der Waals surface area contributed by atoms with Crippen LogP contribution in [0.2, 0.25) is 0 Å². The minimum atomic E-state index is -4.14. The third-order valence-corrected chi connectivity index (χ3v) is 7.69. The Morgan fingerprint density at radius 1 is 1.30 bits per heavy atom. The van der Waals surface area contributed by atoms with Gasteiger partial charge in [0.15, 0.2) is 17.4 Å². The third-order valence-electron chi connectivity index (χ3n) is 6.21. The number of nitrogens with zero attached hydrogens (tertiary/aromatic N) is 3. The molecule has 3 aromatic rings. The van der Waals surface area contributed by atoms with E-state index in [2.05, 4.69) is 20.0 Å². The number of hydrogen-bond acceptors (Lipinski definition) is 12. The zero-order valence-corrected chi connectivity index (χ0v) is 23.3. The van der Waals surface area contributed by atoms with Crippen molar-refractivity contribution in [1.29, 1.82) is 0 Å². The topological polar surface area (TPSA) is 213 Å². The van der Waals surface area contributed by atoms with Crippen LogP contribution >= 0.6 is 7.75 Å². The van der Waals surface area contributed by atoms with Crippen molar-refractivity contribution < 1.29 is 38.1 Å². The van der Waals surface area contributed by atoms with Crippen LogP contribution in [0.15, 0.2) is 41.5 Å². The Morgan fingerprint density at radius 3 is 2.67 bits per heavy atom. The number of nitrogens with one attached hydrogen (secondary N) is 2. The molecule has 2 aromatic heterocycles. The highest BCUT2D eigenvalue weighted by molar-refractivity contribution is 7.51. The first kappa shape index (κ1) is 29.8. The number of rotatable bonds is 10. The van der Waals surface area contributed by atoms with Crippen molar-refractivity contribution in [3.63, 3.8) is 0 Å². The van der Waals surface area contributed by atoms with Crippen LogP contribution in [0, 0.1) is 5.41 Å². The summed E-state index contributed by atoms with van der Waals surface area (Å²) in [6.07, 6.45) is -2.78. The molecule has 15 nitrogen and oxygen atoms in total. The number of fused-ring (bicyclic) bond motifs is 1. The Morgan fingerprint density at radius 2 is 2.00 bits per heavy atom. The zero-order valence-electron chi connectivity index (χ0n) is 22.4.